The molecule has 0 radical (unpaired) electrons. The van der Waals surface area contributed by atoms with Crippen LogP contribution >= 0.6 is 0 Å². The molecule has 1 amide bonds. The van der Waals surface area contributed by atoms with Gasteiger partial charge in [-0.05, 0) is 37.1 Å². The number of carbonyl (C=O) groups is 2. The molecule has 1 fully saturated rings. The lowest BCUT2D eigenvalue weighted by atomic mass is 9.97. The predicted molar refractivity (Wildman–Crippen MR) is 86.5 cm³/mol. The molecular weight excluding hydrogens is 326 g/mol. The number of amides is 1. The molecule has 0 atom stereocenters. The normalized spacial score (nSPS) is 15.0. The smallest absolute Gasteiger partial charge is 0.308 e. The minimum atomic E-state index is -0.204. The van der Waals surface area contributed by atoms with Crippen molar-refractivity contribution >= 4 is 11.9 Å². The van der Waals surface area contributed by atoms with Crippen LogP contribution in [-0.2, 0) is 14.3 Å². The van der Waals surface area contributed by atoms with E-state index in [0.717, 1.165) is 5.56 Å². The fourth-order valence-electron chi connectivity index (χ4n) is 2.76. The molecule has 25 heavy (non-hydrogen) atoms. The van der Waals surface area contributed by atoms with Gasteiger partial charge in [-0.1, -0.05) is 0 Å². The zero-order chi connectivity index (χ0) is 17.6. The summed E-state index contributed by atoms with van der Waals surface area (Å²) in [7, 11) is 1.39. The van der Waals surface area contributed by atoms with Crippen LogP contribution in [0.5, 0.6) is 5.75 Å². The van der Waals surface area contributed by atoms with Crippen LogP contribution in [0.3, 0.4) is 0 Å². The van der Waals surface area contributed by atoms with Crippen LogP contribution in [0.4, 0.5) is 0 Å². The third-order valence-corrected chi connectivity index (χ3v) is 4.21. The van der Waals surface area contributed by atoms with Gasteiger partial charge in [0.25, 0.3) is 5.91 Å². The van der Waals surface area contributed by atoms with E-state index in [0.29, 0.717) is 37.6 Å². The van der Waals surface area contributed by atoms with Crippen molar-refractivity contribution in [3.05, 3.63) is 30.7 Å². The number of piperidine rings is 1. The molecule has 0 N–H and O–H groups in total. The zero-order valence-electron chi connectivity index (χ0n) is 13.9. The summed E-state index contributed by atoms with van der Waals surface area (Å²) in [5.41, 5.74) is 0.779. The highest BCUT2D eigenvalue weighted by Crippen LogP contribution is 2.21. The SMILES string of the molecule is COC(=O)C1CCN(C(=O)COc2ccc(-c3nnco3)cc2)CC1. The van der Waals surface area contributed by atoms with E-state index in [9.17, 15) is 9.59 Å². The van der Waals surface area contributed by atoms with Crippen molar-refractivity contribution in [3.63, 3.8) is 0 Å². The van der Waals surface area contributed by atoms with Crippen molar-refractivity contribution in [1.82, 2.24) is 15.1 Å². The maximum atomic E-state index is 12.2. The number of hydrogen-bond acceptors (Lipinski definition) is 7. The van der Waals surface area contributed by atoms with Crippen molar-refractivity contribution in [1.29, 1.82) is 0 Å². The van der Waals surface area contributed by atoms with Gasteiger partial charge in [-0.15, -0.1) is 10.2 Å². The Bertz CT molecular complexity index is 706. The first-order chi connectivity index (χ1) is 12.2. The Morgan fingerprint density at radius 3 is 2.56 bits per heavy atom. The Labute approximate surface area is 144 Å². The van der Waals surface area contributed by atoms with Gasteiger partial charge in [0.05, 0.1) is 13.0 Å². The maximum absolute atomic E-state index is 12.2. The van der Waals surface area contributed by atoms with Crippen molar-refractivity contribution in [2.24, 2.45) is 5.92 Å². The number of benzene rings is 1. The molecule has 3 rings (SSSR count). The zero-order valence-corrected chi connectivity index (χ0v) is 13.9. The number of ether oxygens (including phenoxy) is 2. The summed E-state index contributed by atoms with van der Waals surface area (Å²) in [6.07, 6.45) is 2.51. The molecule has 1 aromatic heterocycles. The number of carbonyl (C=O) groups excluding carboxylic acids is 2. The molecule has 1 aromatic carbocycles. The average Bonchev–Trinajstić information content (AvgIpc) is 3.21. The molecule has 2 heterocycles. The quantitative estimate of drug-likeness (QED) is 0.758. The number of likely N-dealkylation sites (tertiary alicyclic amines) is 1. The molecule has 1 aliphatic heterocycles. The summed E-state index contributed by atoms with van der Waals surface area (Å²) < 4.78 is 15.4. The van der Waals surface area contributed by atoms with Crippen molar-refractivity contribution in [3.8, 4) is 17.2 Å². The van der Waals surface area contributed by atoms with E-state index in [-0.39, 0.29) is 24.4 Å². The predicted octanol–water partition coefficient (Wildman–Crippen LogP) is 1.53. The van der Waals surface area contributed by atoms with Crippen LogP contribution in [-0.4, -0.2) is 53.8 Å². The third-order valence-electron chi connectivity index (χ3n) is 4.21. The molecule has 0 aliphatic carbocycles. The topological polar surface area (TPSA) is 94.8 Å². The molecule has 1 aliphatic rings. The van der Waals surface area contributed by atoms with Crippen molar-refractivity contribution in [2.45, 2.75) is 12.8 Å². The van der Waals surface area contributed by atoms with E-state index in [1.54, 1.807) is 29.2 Å². The Balaban J connectivity index is 1.47. The molecule has 8 heteroatoms. The molecule has 0 unspecified atom stereocenters. The van der Waals surface area contributed by atoms with Gasteiger partial charge in [-0.25, -0.2) is 0 Å². The molecule has 8 nitrogen and oxygen atoms in total. The molecule has 0 saturated carbocycles. The number of aromatic nitrogens is 2. The largest absolute Gasteiger partial charge is 0.484 e. The average molecular weight is 345 g/mol. The number of hydrogen-bond donors (Lipinski definition) is 0. The van der Waals surface area contributed by atoms with Crippen LogP contribution in [0.25, 0.3) is 11.5 Å². The standard InChI is InChI=1S/C17H19N3O5/c1-23-17(22)13-6-8-20(9-7-13)15(21)10-24-14-4-2-12(3-5-14)16-19-18-11-25-16/h2-5,11,13H,6-10H2,1H3. The van der Waals surface area contributed by atoms with E-state index in [2.05, 4.69) is 10.2 Å². The highest BCUT2D eigenvalue weighted by molar-refractivity contribution is 5.78. The van der Waals surface area contributed by atoms with Gasteiger partial charge in [0.15, 0.2) is 6.61 Å². The first-order valence-electron chi connectivity index (χ1n) is 8.02. The second-order valence-electron chi connectivity index (χ2n) is 5.74. The van der Waals surface area contributed by atoms with Gasteiger partial charge in [-0.2, -0.15) is 0 Å². The van der Waals surface area contributed by atoms with Crippen molar-refractivity contribution < 1.29 is 23.5 Å². The lowest BCUT2D eigenvalue weighted by Crippen LogP contribution is -2.42. The maximum Gasteiger partial charge on any atom is 0.308 e. The van der Waals surface area contributed by atoms with Crippen LogP contribution < -0.4 is 4.74 Å². The van der Waals surface area contributed by atoms with E-state index in [4.69, 9.17) is 13.9 Å². The molecule has 132 valence electrons. The number of methoxy groups -OCH3 is 1. The third kappa shape index (κ3) is 4.14. The van der Waals surface area contributed by atoms with E-state index in [1.807, 2.05) is 0 Å². The Morgan fingerprint density at radius 1 is 1.24 bits per heavy atom. The minimum absolute atomic E-state index is 0.0389. The number of esters is 1. The van der Waals surface area contributed by atoms with Gasteiger partial charge in [0.1, 0.15) is 5.75 Å². The Kier molecular flexibility index (Phi) is 5.27. The second-order valence-corrected chi connectivity index (χ2v) is 5.74. The summed E-state index contributed by atoms with van der Waals surface area (Å²) in [5.74, 6) is 0.596. The van der Waals surface area contributed by atoms with E-state index in [1.165, 1.54) is 13.5 Å². The van der Waals surface area contributed by atoms with Crippen LogP contribution in [0.1, 0.15) is 12.8 Å². The number of nitrogens with zero attached hydrogens (tertiary/aromatic N) is 3. The fourth-order valence-corrected chi connectivity index (χ4v) is 2.76. The van der Waals surface area contributed by atoms with Crippen LogP contribution in [0, 0.1) is 5.92 Å². The highest BCUT2D eigenvalue weighted by atomic mass is 16.5. The van der Waals surface area contributed by atoms with E-state index >= 15 is 0 Å². The van der Waals surface area contributed by atoms with Gasteiger partial charge in [-0.3, -0.25) is 9.59 Å². The highest BCUT2D eigenvalue weighted by Gasteiger charge is 2.27. The fraction of sp³-hybridized carbons (Fsp3) is 0.412. The van der Waals surface area contributed by atoms with Gasteiger partial charge < -0.3 is 18.8 Å². The molecule has 0 spiro atoms. The summed E-state index contributed by atoms with van der Waals surface area (Å²) in [6.45, 7) is 1.04. The monoisotopic (exact) mass is 345 g/mol. The number of rotatable bonds is 5. The lowest BCUT2D eigenvalue weighted by Gasteiger charge is -2.30. The first-order valence-corrected chi connectivity index (χ1v) is 8.02. The van der Waals surface area contributed by atoms with Gasteiger partial charge >= 0.3 is 5.97 Å². The van der Waals surface area contributed by atoms with Crippen molar-refractivity contribution in [2.75, 3.05) is 26.8 Å². The summed E-state index contributed by atoms with van der Waals surface area (Å²) in [4.78, 5) is 25.4. The second kappa shape index (κ2) is 7.78. The van der Waals surface area contributed by atoms with Gasteiger partial charge in [0, 0.05) is 18.7 Å². The van der Waals surface area contributed by atoms with Gasteiger partial charge in [0.2, 0.25) is 12.3 Å². The molecule has 1 saturated heterocycles. The first kappa shape index (κ1) is 16.9. The minimum Gasteiger partial charge on any atom is -0.484 e. The summed E-state index contributed by atoms with van der Waals surface area (Å²) >= 11 is 0. The summed E-state index contributed by atoms with van der Waals surface area (Å²) in [5, 5.41) is 7.45. The van der Waals surface area contributed by atoms with E-state index < -0.39 is 0 Å². The lowest BCUT2D eigenvalue weighted by molar-refractivity contribution is -0.149. The molecule has 0 bridgehead atoms. The van der Waals surface area contributed by atoms with Crippen LogP contribution in [0.2, 0.25) is 0 Å². The van der Waals surface area contributed by atoms with Crippen LogP contribution in [0.15, 0.2) is 35.1 Å². The molecule has 2 aromatic rings. The Morgan fingerprint density at radius 2 is 1.96 bits per heavy atom. The Hall–Kier alpha value is -2.90. The molecular formula is C17H19N3O5. The summed E-state index contributed by atoms with van der Waals surface area (Å²) in [6, 6.07) is 7.07.